The minimum atomic E-state index is -0.132. The van der Waals surface area contributed by atoms with Crippen LogP contribution in [-0.2, 0) is 0 Å². The van der Waals surface area contributed by atoms with E-state index in [1.54, 1.807) is 18.2 Å². The number of nitrogens with two attached hydrogens (primary N) is 1. The number of carbonyl (C=O) groups is 1. The van der Waals surface area contributed by atoms with Gasteiger partial charge in [-0.15, -0.1) is 0 Å². The number of rotatable bonds is 5. The van der Waals surface area contributed by atoms with Crippen molar-refractivity contribution in [3.8, 4) is 5.75 Å². The van der Waals surface area contributed by atoms with Crippen molar-refractivity contribution < 1.29 is 9.53 Å². The molecule has 0 heterocycles. The first kappa shape index (κ1) is 15.6. The van der Waals surface area contributed by atoms with E-state index in [4.69, 9.17) is 10.5 Å². The van der Waals surface area contributed by atoms with Gasteiger partial charge < -0.3 is 20.7 Å². The fourth-order valence-corrected chi connectivity index (χ4v) is 3.12. The number of benzene rings is 1. The minimum absolute atomic E-state index is 0.0726. The van der Waals surface area contributed by atoms with Gasteiger partial charge in [0.05, 0.1) is 18.4 Å². The van der Waals surface area contributed by atoms with Crippen LogP contribution in [0.1, 0.15) is 36.0 Å². The maximum absolute atomic E-state index is 12.4. The third-order valence-corrected chi connectivity index (χ3v) is 4.56. The Morgan fingerprint density at radius 3 is 2.62 bits per heavy atom. The largest absolute Gasteiger partial charge is 0.494 e. The van der Waals surface area contributed by atoms with Gasteiger partial charge in [-0.1, -0.05) is 18.9 Å². The minimum Gasteiger partial charge on any atom is -0.494 e. The van der Waals surface area contributed by atoms with Crippen LogP contribution in [0.25, 0.3) is 0 Å². The number of amides is 1. The lowest BCUT2D eigenvalue weighted by Crippen LogP contribution is -2.50. The average Bonchev–Trinajstić information content (AvgIpc) is 2.94. The number of nitrogen functional groups attached to an aromatic ring is 1. The molecule has 5 heteroatoms. The van der Waals surface area contributed by atoms with Gasteiger partial charge in [0.15, 0.2) is 5.75 Å². The topological polar surface area (TPSA) is 67.6 Å². The molecule has 1 aromatic carbocycles. The normalized spacial score (nSPS) is 17.0. The van der Waals surface area contributed by atoms with Crippen molar-refractivity contribution >= 4 is 11.6 Å². The smallest absolute Gasteiger partial charge is 0.255 e. The van der Waals surface area contributed by atoms with Crippen LogP contribution in [0.15, 0.2) is 18.2 Å². The molecule has 1 amide bonds. The zero-order valence-corrected chi connectivity index (χ0v) is 13.1. The molecular formula is C16H25N3O2. The van der Waals surface area contributed by atoms with Gasteiger partial charge in [0, 0.05) is 12.1 Å². The molecule has 0 spiro atoms. The Hall–Kier alpha value is -1.75. The van der Waals surface area contributed by atoms with Gasteiger partial charge in [0.2, 0.25) is 0 Å². The second-order valence-corrected chi connectivity index (χ2v) is 5.94. The molecule has 2 rings (SSSR count). The Kier molecular flexibility index (Phi) is 4.73. The lowest BCUT2D eigenvalue weighted by molar-refractivity contribution is 0.0897. The molecule has 1 aliphatic rings. The van der Waals surface area contributed by atoms with Crippen LogP contribution in [0.2, 0.25) is 0 Å². The van der Waals surface area contributed by atoms with Gasteiger partial charge in [-0.05, 0) is 39.1 Å². The highest BCUT2D eigenvalue weighted by Gasteiger charge is 2.36. The first-order chi connectivity index (χ1) is 10.00. The number of ether oxygens (including phenoxy) is 1. The van der Waals surface area contributed by atoms with Crippen molar-refractivity contribution in [2.24, 2.45) is 0 Å². The van der Waals surface area contributed by atoms with Gasteiger partial charge in [-0.3, -0.25) is 4.79 Å². The molecule has 1 saturated carbocycles. The zero-order chi connectivity index (χ0) is 15.5. The first-order valence-electron chi connectivity index (χ1n) is 7.38. The van der Waals surface area contributed by atoms with E-state index in [0.29, 0.717) is 23.5 Å². The third-order valence-electron chi connectivity index (χ3n) is 4.56. The molecule has 3 N–H and O–H groups in total. The van der Waals surface area contributed by atoms with Crippen molar-refractivity contribution in [3.63, 3.8) is 0 Å². The Morgan fingerprint density at radius 1 is 1.38 bits per heavy atom. The number of likely N-dealkylation sites (N-methyl/N-ethyl adjacent to an activating group) is 1. The van der Waals surface area contributed by atoms with E-state index in [2.05, 4.69) is 24.3 Å². The molecule has 116 valence electrons. The van der Waals surface area contributed by atoms with E-state index < -0.39 is 0 Å². The standard InChI is InChI=1S/C16H25N3O2/c1-19(2)16(9-4-5-10-16)11-18-15(20)12-7-6-8-13(17)14(12)21-3/h6-8H,4-5,9-11,17H2,1-3H3,(H,18,20). The highest BCUT2D eigenvalue weighted by molar-refractivity contribution is 5.98. The summed E-state index contributed by atoms with van der Waals surface area (Å²) in [4.78, 5) is 14.7. The number of para-hydroxylation sites is 1. The summed E-state index contributed by atoms with van der Waals surface area (Å²) in [5.41, 5.74) is 6.89. The van der Waals surface area contributed by atoms with Gasteiger partial charge in [-0.2, -0.15) is 0 Å². The number of hydrogen-bond acceptors (Lipinski definition) is 4. The fourth-order valence-electron chi connectivity index (χ4n) is 3.12. The zero-order valence-electron chi connectivity index (χ0n) is 13.1. The van der Waals surface area contributed by atoms with Crippen LogP contribution in [-0.4, -0.2) is 44.1 Å². The monoisotopic (exact) mass is 291 g/mol. The van der Waals surface area contributed by atoms with E-state index in [0.717, 1.165) is 12.8 Å². The van der Waals surface area contributed by atoms with Gasteiger partial charge in [0.1, 0.15) is 0 Å². The van der Waals surface area contributed by atoms with Crippen molar-refractivity contribution in [1.82, 2.24) is 10.2 Å². The van der Waals surface area contributed by atoms with E-state index >= 15 is 0 Å². The van der Waals surface area contributed by atoms with Crippen LogP contribution in [0.5, 0.6) is 5.75 Å². The molecular weight excluding hydrogens is 266 g/mol. The van der Waals surface area contributed by atoms with Crippen LogP contribution >= 0.6 is 0 Å². The summed E-state index contributed by atoms with van der Waals surface area (Å²) in [6, 6.07) is 5.24. The second kappa shape index (κ2) is 6.35. The summed E-state index contributed by atoms with van der Waals surface area (Å²) >= 11 is 0. The van der Waals surface area contributed by atoms with Gasteiger partial charge in [-0.25, -0.2) is 0 Å². The van der Waals surface area contributed by atoms with Gasteiger partial charge in [0.25, 0.3) is 5.91 Å². The van der Waals surface area contributed by atoms with Crippen LogP contribution < -0.4 is 15.8 Å². The molecule has 0 aliphatic heterocycles. The van der Waals surface area contributed by atoms with Crippen molar-refractivity contribution in [2.75, 3.05) is 33.5 Å². The molecule has 0 aromatic heterocycles. The van der Waals surface area contributed by atoms with E-state index in [-0.39, 0.29) is 11.4 Å². The first-order valence-corrected chi connectivity index (χ1v) is 7.38. The third kappa shape index (κ3) is 3.13. The summed E-state index contributed by atoms with van der Waals surface area (Å²) in [5.74, 6) is 0.313. The Bertz CT molecular complexity index is 508. The Morgan fingerprint density at radius 2 is 2.05 bits per heavy atom. The van der Waals surface area contributed by atoms with Crippen molar-refractivity contribution in [2.45, 2.75) is 31.2 Å². The summed E-state index contributed by atoms with van der Waals surface area (Å²) in [6.45, 7) is 0.650. The van der Waals surface area contributed by atoms with E-state index in [9.17, 15) is 4.79 Å². The predicted octanol–water partition coefficient (Wildman–Crippen LogP) is 1.88. The molecule has 1 fully saturated rings. The number of anilines is 1. The number of hydrogen-bond donors (Lipinski definition) is 2. The predicted molar refractivity (Wildman–Crippen MR) is 84.6 cm³/mol. The number of methoxy groups -OCH3 is 1. The van der Waals surface area contributed by atoms with Crippen molar-refractivity contribution in [1.29, 1.82) is 0 Å². The Labute approximate surface area is 126 Å². The Balaban J connectivity index is 2.10. The quantitative estimate of drug-likeness (QED) is 0.813. The molecule has 5 nitrogen and oxygen atoms in total. The molecule has 0 saturated heterocycles. The fraction of sp³-hybridized carbons (Fsp3) is 0.562. The summed E-state index contributed by atoms with van der Waals surface area (Å²) < 4.78 is 5.25. The molecule has 0 unspecified atom stereocenters. The maximum Gasteiger partial charge on any atom is 0.255 e. The summed E-state index contributed by atoms with van der Waals surface area (Å²) in [5, 5.41) is 3.05. The molecule has 21 heavy (non-hydrogen) atoms. The highest BCUT2D eigenvalue weighted by Crippen LogP contribution is 2.33. The van der Waals surface area contributed by atoms with Crippen LogP contribution in [0, 0.1) is 0 Å². The van der Waals surface area contributed by atoms with E-state index in [1.807, 2.05) is 0 Å². The van der Waals surface area contributed by atoms with E-state index in [1.165, 1.54) is 20.0 Å². The van der Waals surface area contributed by atoms with Crippen molar-refractivity contribution in [3.05, 3.63) is 23.8 Å². The summed E-state index contributed by atoms with van der Waals surface area (Å²) in [7, 11) is 5.69. The molecule has 0 radical (unpaired) electrons. The van der Waals surface area contributed by atoms with Crippen LogP contribution in [0.4, 0.5) is 5.69 Å². The lowest BCUT2D eigenvalue weighted by atomic mass is 9.96. The molecule has 1 aromatic rings. The average molecular weight is 291 g/mol. The van der Waals surface area contributed by atoms with Gasteiger partial charge >= 0.3 is 0 Å². The maximum atomic E-state index is 12.4. The summed E-state index contributed by atoms with van der Waals surface area (Å²) in [6.07, 6.45) is 4.67. The SMILES string of the molecule is COc1c(N)cccc1C(=O)NCC1(N(C)C)CCCC1. The number of nitrogens with zero attached hydrogens (tertiary/aromatic N) is 1. The van der Waals surface area contributed by atoms with Crippen LogP contribution in [0.3, 0.4) is 0 Å². The molecule has 1 aliphatic carbocycles. The molecule has 0 bridgehead atoms. The number of nitrogens with one attached hydrogen (secondary N) is 1. The number of carbonyl (C=O) groups excluding carboxylic acids is 1. The lowest BCUT2D eigenvalue weighted by Gasteiger charge is -2.36. The second-order valence-electron chi connectivity index (χ2n) is 5.94. The highest BCUT2D eigenvalue weighted by atomic mass is 16.5. The molecule has 0 atom stereocenters.